The summed E-state index contributed by atoms with van der Waals surface area (Å²) in [4.78, 5) is 30.6. The highest BCUT2D eigenvalue weighted by molar-refractivity contribution is 7.15. The van der Waals surface area contributed by atoms with Crippen LogP contribution in [0.25, 0.3) is 10.7 Å². The number of Topliss-reactive ketones (excluding diaryl/α,β-unsaturated/α-hetero) is 1. The molecule has 0 aliphatic carbocycles. The molecule has 1 aromatic carbocycles. The molecule has 0 saturated carbocycles. The number of benzene rings is 1. The number of halogens is 3. The molecule has 3 aromatic rings. The summed E-state index contributed by atoms with van der Waals surface area (Å²) in [5.74, 6) is -2.73. The zero-order valence-electron chi connectivity index (χ0n) is 15.3. The van der Waals surface area contributed by atoms with Crippen molar-refractivity contribution in [2.24, 2.45) is 0 Å². The fourth-order valence-electron chi connectivity index (χ4n) is 2.57. The molecule has 0 unspecified atom stereocenters. The van der Waals surface area contributed by atoms with Crippen molar-refractivity contribution in [3.63, 3.8) is 0 Å². The molecule has 1 amide bonds. The van der Waals surface area contributed by atoms with E-state index in [0.29, 0.717) is 16.3 Å². The highest BCUT2D eigenvalue weighted by Gasteiger charge is 2.38. The van der Waals surface area contributed by atoms with Gasteiger partial charge in [-0.2, -0.15) is 18.2 Å². The van der Waals surface area contributed by atoms with E-state index in [0.717, 1.165) is 16.9 Å². The molecule has 6 nitrogen and oxygen atoms in total. The molecule has 0 aliphatic heterocycles. The lowest BCUT2D eigenvalue weighted by Crippen LogP contribution is -2.36. The van der Waals surface area contributed by atoms with Crippen LogP contribution >= 0.6 is 11.3 Å². The van der Waals surface area contributed by atoms with E-state index in [9.17, 15) is 22.8 Å². The largest absolute Gasteiger partial charge is 0.471 e. The van der Waals surface area contributed by atoms with E-state index in [2.05, 4.69) is 14.7 Å². The van der Waals surface area contributed by atoms with Gasteiger partial charge in [0.2, 0.25) is 11.6 Å². The predicted molar refractivity (Wildman–Crippen MR) is 98.9 cm³/mol. The summed E-state index contributed by atoms with van der Waals surface area (Å²) in [6.07, 6.45) is -4.70. The normalized spacial score (nSPS) is 11.4. The lowest BCUT2D eigenvalue weighted by Gasteiger charge is -2.19. The number of alkyl halides is 3. The quantitative estimate of drug-likeness (QED) is 0.538. The van der Waals surface area contributed by atoms with Gasteiger partial charge in [-0.1, -0.05) is 35.5 Å². The number of hydrogen-bond donors (Lipinski definition) is 0. The molecule has 2 heterocycles. The zero-order chi connectivity index (χ0) is 21.0. The van der Waals surface area contributed by atoms with Crippen molar-refractivity contribution >= 4 is 23.0 Å². The minimum absolute atomic E-state index is 0.00887. The van der Waals surface area contributed by atoms with Crippen LogP contribution in [0, 0.1) is 0 Å². The van der Waals surface area contributed by atoms with Crippen LogP contribution in [0.4, 0.5) is 13.2 Å². The Labute approximate surface area is 168 Å². The zero-order valence-corrected chi connectivity index (χ0v) is 16.1. The first-order chi connectivity index (χ1) is 13.8. The van der Waals surface area contributed by atoms with Gasteiger partial charge in [-0.3, -0.25) is 9.59 Å². The van der Waals surface area contributed by atoms with E-state index >= 15 is 0 Å². The maximum atomic E-state index is 12.6. The van der Waals surface area contributed by atoms with Gasteiger partial charge in [-0.15, -0.1) is 11.3 Å². The number of nitrogens with zero attached hydrogens (tertiary/aromatic N) is 3. The molecule has 0 bridgehead atoms. The SMILES string of the molecule is CCN(Cc1ccc(-c2noc(C(F)(F)F)n2)s1)C(=O)C(=O)Cc1ccccc1. The van der Waals surface area contributed by atoms with Crippen molar-refractivity contribution in [2.45, 2.75) is 26.1 Å². The summed E-state index contributed by atoms with van der Waals surface area (Å²) in [5.41, 5.74) is 0.748. The molecule has 0 aliphatic rings. The van der Waals surface area contributed by atoms with E-state index in [1.54, 1.807) is 43.3 Å². The van der Waals surface area contributed by atoms with Crippen molar-refractivity contribution in [2.75, 3.05) is 6.54 Å². The van der Waals surface area contributed by atoms with Gasteiger partial charge in [0.15, 0.2) is 0 Å². The number of carbonyl (C=O) groups is 2. The van der Waals surface area contributed by atoms with Crippen molar-refractivity contribution in [3.8, 4) is 10.7 Å². The summed E-state index contributed by atoms with van der Waals surface area (Å²) in [6, 6.07) is 12.2. The Morgan fingerprint density at radius 3 is 2.48 bits per heavy atom. The van der Waals surface area contributed by atoms with Gasteiger partial charge in [-0.05, 0) is 24.6 Å². The Balaban J connectivity index is 1.67. The molecular formula is C19H16F3N3O3S. The Morgan fingerprint density at radius 1 is 1.14 bits per heavy atom. The molecule has 0 N–H and O–H groups in total. The van der Waals surface area contributed by atoms with Gasteiger partial charge in [-0.25, -0.2) is 0 Å². The minimum Gasteiger partial charge on any atom is -0.331 e. The summed E-state index contributed by atoms with van der Waals surface area (Å²) < 4.78 is 42.0. The minimum atomic E-state index is -4.71. The number of amides is 1. The van der Waals surface area contributed by atoms with Crippen LogP contribution in [0.15, 0.2) is 47.0 Å². The monoisotopic (exact) mass is 423 g/mol. The van der Waals surface area contributed by atoms with Gasteiger partial charge in [0.25, 0.3) is 5.91 Å². The van der Waals surface area contributed by atoms with Crippen molar-refractivity contribution in [3.05, 3.63) is 58.8 Å². The van der Waals surface area contributed by atoms with E-state index in [-0.39, 0.29) is 18.8 Å². The lowest BCUT2D eigenvalue weighted by atomic mass is 10.1. The standard InChI is InChI=1S/C19H16F3N3O3S/c1-2-25(17(27)14(26)10-12-6-4-3-5-7-12)11-13-8-9-15(29-13)16-23-18(28-24-16)19(20,21)22/h3-9H,2,10-11H2,1H3. The fraction of sp³-hybridized carbons (Fsp3) is 0.263. The first-order valence-electron chi connectivity index (χ1n) is 8.64. The van der Waals surface area contributed by atoms with Crippen LogP contribution in [0.5, 0.6) is 0 Å². The predicted octanol–water partition coefficient (Wildman–Crippen LogP) is 3.98. The van der Waals surface area contributed by atoms with Gasteiger partial charge in [0, 0.05) is 17.8 Å². The number of rotatable bonds is 7. The van der Waals surface area contributed by atoms with Gasteiger partial charge in [0.05, 0.1) is 11.4 Å². The molecule has 3 rings (SSSR count). The third-order valence-corrected chi connectivity index (χ3v) is 5.08. The van der Waals surface area contributed by atoms with E-state index in [1.165, 1.54) is 4.90 Å². The summed E-state index contributed by atoms with van der Waals surface area (Å²) in [6.45, 7) is 2.22. The molecular weight excluding hydrogens is 407 g/mol. The number of hydrogen-bond acceptors (Lipinski definition) is 6. The maximum Gasteiger partial charge on any atom is 0.471 e. The molecule has 0 saturated heterocycles. The fourth-order valence-corrected chi connectivity index (χ4v) is 3.52. The number of aromatic nitrogens is 2. The van der Waals surface area contributed by atoms with Crippen LogP contribution in [0.3, 0.4) is 0 Å². The molecule has 10 heteroatoms. The Hall–Kier alpha value is -3.01. The van der Waals surface area contributed by atoms with Crippen LogP contribution in [0.2, 0.25) is 0 Å². The van der Waals surface area contributed by atoms with Crippen molar-refractivity contribution < 1.29 is 27.3 Å². The van der Waals surface area contributed by atoms with Crippen molar-refractivity contribution in [1.82, 2.24) is 15.0 Å². The lowest BCUT2D eigenvalue weighted by molar-refractivity contribution is -0.159. The number of likely N-dealkylation sites (N-methyl/N-ethyl adjacent to an activating group) is 1. The smallest absolute Gasteiger partial charge is 0.331 e. The van der Waals surface area contributed by atoms with Gasteiger partial charge < -0.3 is 9.42 Å². The van der Waals surface area contributed by atoms with Crippen LogP contribution < -0.4 is 0 Å². The first kappa shape index (κ1) is 20.7. The molecule has 152 valence electrons. The van der Waals surface area contributed by atoms with Gasteiger partial charge >= 0.3 is 12.1 Å². The average molecular weight is 423 g/mol. The van der Waals surface area contributed by atoms with Crippen molar-refractivity contribution in [1.29, 1.82) is 0 Å². The molecule has 2 aromatic heterocycles. The third-order valence-electron chi connectivity index (χ3n) is 4.01. The molecule has 0 fully saturated rings. The molecule has 0 spiro atoms. The second kappa shape index (κ2) is 8.56. The second-order valence-corrected chi connectivity index (χ2v) is 7.26. The highest BCUT2D eigenvalue weighted by Crippen LogP contribution is 2.32. The molecule has 0 atom stereocenters. The first-order valence-corrected chi connectivity index (χ1v) is 9.45. The Morgan fingerprint density at radius 2 is 1.86 bits per heavy atom. The van der Waals surface area contributed by atoms with E-state index in [4.69, 9.17) is 0 Å². The number of thiophene rings is 1. The highest BCUT2D eigenvalue weighted by atomic mass is 32.1. The average Bonchev–Trinajstić information content (AvgIpc) is 3.35. The Bertz CT molecular complexity index is 999. The summed E-state index contributed by atoms with van der Waals surface area (Å²) in [7, 11) is 0. The maximum absolute atomic E-state index is 12.6. The van der Waals surface area contributed by atoms with E-state index < -0.39 is 23.8 Å². The van der Waals surface area contributed by atoms with Crippen LogP contribution in [-0.4, -0.2) is 33.3 Å². The summed E-state index contributed by atoms with van der Waals surface area (Å²) in [5, 5.41) is 3.35. The number of carbonyl (C=O) groups excluding carboxylic acids is 2. The second-order valence-electron chi connectivity index (χ2n) is 6.09. The van der Waals surface area contributed by atoms with Crippen LogP contribution in [0.1, 0.15) is 23.3 Å². The topological polar surface area (TPSA) is 76.3 Å². The molecule has 29 heavy (non-hydrogen) atoms. The third kappa shape index (κ3) is 5.08. The van der Waals surface area contributed by atoms with Gasteiger partial charge in [0.1, 0.15) is 0 Å². The van der Waals surface area contributed by atoms with Crippen LogP contribution in [-0.2, 0) is 28.7 Å². The Kier molecular flexibility index (Phi) is 6.12. The molecule has 0 radical (unpaired) electrons. The summed E-state index contributed by atoms with van der Waals surface area (Å²) >= 11 is 1.13. The number of ketones is 1. The van der Waals surface area contributed by atoms with E-state index in [1.807, 2.05) is 6.07 Å².